The number of carbonyl (C=O) groups is 1. The first-order chi connectivity index (χ1) is 9.04. The van der Waals surface area contributed by atoms with Crippen molar-refractivity contribution >= 4 is 5.97 Å². The van der Waals surface area contributed by atoms with Gasteiger partial charge in [0.1, 0.15) is 0 Å². The van der Waals surface area contributed by atoms with Gasteiger partial charge in [0.15, 0.2) is 11.9 Å². The molecule has 1 atom stereocenters. The second-order valence-electron chi connectivity index (χ2n) is 5.76. The van der Waals surface area contributed by atoms with Gasteiger partial charge in [-0.15, -0.1) is 0 Å². The Labute approximate surface area is 115 Å². The third kappa shape index (κ3) is 3.18. The second kappa shape index (κ2) is 6.06. The van der Waals surface area contributed by atoms with Crippen LogP contribution < -0.4 is 0 Å². The first-order valence-corrected chi connectivity index (χ1v) is 7.16. The summed E-state index contributed by atoms with van der Waals surface area (Å²) >= 11 is 0. The van der Waals surface area contributed by atoms with E-state index in [4.69, 9.17) is 14.2 Å². The van der Waals surface area contributed by atoms with Gasteiger partial charge in [-0.05, 0) is 26.7 Å². The average Bonchev–Trinajstić information content (AvgIpc) is 2.94. The Morgan fingerprint density at radius 1 is 1.21 bits per heavy atom. The Hall–Kier alpha value is -0.870. The molecule has 0 amide bonds. The molecule has 108 valence electrons. The van der Waals surface area contributed by atoms with E-state index in [-0.39, 0.29) is 5.97 Å². The van der Waals surface area contributed by atoms with E-state index in [9.17, 15) is 4.79 Å². The van der Waals surface area contributed by atoms with Crippen molar-refractivity contribution in [2.45, 2.75) is 57.8 Å². The molecule has 1 unspecified atom stereocenters. The van der Waals surface area contributed by atoms with Crippen LogP contribution in [0.5, 0.6) is 0 Å². The van der Waals surface area contributed by atoms with E-state index in [0.29, 0.717) is 24.7 Å². The van der Waals surface area contributed by atoms with Gasteiger partial charge >= 0.3 is 5.97 Å². The van der Waals surface area contributed by atoms with E-state index >= 15 is 0 Å². The Morgan fingerprint density at radius 3 is 2.32 bits per heavy atom. The molecular formula is C15H24O4. The van der Waals surface area contributed by atoms with Gasteiger partial charge in [-0.2, -0.15) is 0 Å². The third-order valence-corrected chi connectivity index (χ3v) is 4.17. The second-order valence-corrected chi connectivity index (χ2v) is 5.76. The van der Waals surface area contributed by atoms with Crippen LogP contribution >= 0.6 is 0 Å². The molecule has 2 fully saturated rings. The van der Waals surface area contributed by atoms with Crippen LogP contribution in [0.3, 0.4) is 0 Å². The van der Waals surface area contributed by atoms with Crippen LogP contribution in [0.4, 0.5) is 0 Å². The number of rotatable bonds is 4. The minimum Gasteiger partial charge on any atom is -0.450 e. The molecule has 0 aromatic rings. The smallest absolute Gasteiger partial charge is 0.333 e. The van der Waals surface area contributed by atoms with E-state index in [1.807, 2.05) is 6.92 Å². The quantitative estimate of drug-likeness (QED) is 0.581. The first-order valence-electron chi connectivity index (χ1n) is 7.16. The monoisotopic (exact) mass is 268 g/mol. The topological polar surface area (TPSA) is 44.8 Å². The summed E-state index contributed by atoms with van der Waals surface area (Å²) in [4.78, 5) is 11.9. The van der Waals surface area contributed by atoms with Gasteiger partial charge in [0.25, 0.3) is 0 Å². The van der Waals surface area contributed by atoms with E-state index in [1.165, 1.54) is 19.3 Å². The summed E-state index contributed by atoms with van der Waals surface area (Å²) < 4.78 is 17.0. The Balaban J connectivity index is 2.15. The van der Waals surface area contributed by atoms with Crippen molar-refractivity contribution < 1.29 is 19.0 Å². The molecule has 2 rings (SSSR count). The lowest BCUT2D eigenvalue weighted by Crippen LogP contribution is -2.51. The standard InChI is InChI=1S/C15H24O4/c1-11(2)13(16)19-15(3,14-17-9-10-18-14)12-7-5-4-6-8-12/h12,14H,1,4-10H2,2-3H3. The summed E-state index contributed by atoms with van der Waals surface area (Å²) in [5.74, 6) is -0.0557. The van der Waals surface area contributed by atoms with Gasteiger partial charge in [0, 0.05) is 11.5 Å². The molecule has 1 aliphatic carbocycles. The van der Waals surface area contributed by atoms with Crippen molar-refractivity contribution in [3.8, 4) is 0 Å². The number of hydrogen-bond acceptors (Lipinski definition) is 4. The van der Waals surface area contributed by atoms with E-state index in [0.717, 1.165) is 12.8 Å². The molecule has 4 heteroatoms. The molecule has 0 N–H and O–H groups in total. The number of esters is 1. The molecule has 0 bridgehead atoms. The lowest BCUT2D eigenvalue weighted by atomic mass is 9.77. The van der Waals surface area contributed by atoms with Crippen LogP contribution in [0.25, 0.3) is 0 Å². The van der Waals surface area contributed by atoms with Crippen LogP contribution in [0.2, 0.25) is 0 Å². The predicted octanol–water partition coefficient (Wildman–Crippen LogP) is 2.82. The lowest BCUT2D eigenvalue weighted by Gasteiger charge is -2.41. The largest absolute Gasteiger partial charge is 0.450 e. The highest BCUT2D eigenvalue weighted by atomic mass is 16.7. The first kappa shape index (κ1) is 14.5. The van der Waals surface area contributed by atoms with Crippen molar-refractivity contribution in [3.05, 3.63) is 12.2 Å². The average molecular weight is 268 g/mol. The minimum absolute atomic E-state index is 0.299. The van der Waals surface area contributed by atoms with E-state index < -0.39 is 11.9 Å². The Bertz CT molecular complexity index is 340. The molecule has 0 aromatic carbocycles. The van der Waals surface area contributed by atoms with Crippen molar-refractivity contribution in [2.24, 2.45) is 5.92 Å². The SMILES string of the molecule is C=C(C)C(=O)OC(C)(C1CCCCC1)C1OCCO1. The Kier molecular flexibility index (Phi) is 4.63. The van der Waals surface area contributed by atoms with Crippen molar-refractivity contribution in [2.75, 3.05) is 13.2 Å². The molecule has 0 aromatic heterocycles. The molecule has 4 nitrogen and oxygen atoms in total. The highest BCUT2D eigenvalue weighted by Crippen LogP contribution is 2.40. The maximum atomic E-state index is 11.9. The summed E-state index contributed by atoms with van der Waals surface area (Å²) in [7, 11) is 0. The Morgan fingerprint density at radius 2 is 1.79 bits per heavy atom. The highest BCUT2D eigenvalue weighted by molar-refractivity contribution is 5.87. The molecule has 1 aliphatic heterocycles. The van der Waals surface area contributed by atoms with Crippen LogP contribution in [0.15, 0.2) is 12.2 Å². The van der Waals surface area contributed by atoms with Crippen LogP contribution in [0, 0.1) is 5.92 Å². The number of ether oxygens (including phenoxy) is 3. The molecule has 1 saturated carbocycles. The molecule has 1 heterocycles. The van der Waals surface area contributed by atoms with Gasteiger partial charge in [0.2, 0.25) is 0 Å². The fraction of sp³-hybridized carbons (Fsp3) is 0.800. The molecule has 1 saturated heterocycles. The fourth-order valence-electron chi connectivity index (χ4n) is 2.98. The summed E-state index contributed by atoms with van der Waals surface area (Å²) in [6.45, 7) is 8.40. The minimum atomic E-state index is -0.701. The van der Waals surface area contributed by atoms with Gasteiger partial charge < -0.3 is 14.2 Å². The van der Waals surface area contributed by atoms with Gasteiger partial charge in [-0.25, -0.2) is 4.79 Å². The highest BCUT2D eigenvalue weighted by Gasteiger charge is 2.48. The normalized spacial score (nSPS) is 24.9. The predicted molar refractivity (Wildman–Crippen MR) is 71.6 cm³/mol. The van der Waals surface area contributed by atoms with Gasteiger partial charge in [-0.3, -0.25) is 0 Å². The third-order valence-electron chi connectivity index (χ3n) is 4.17. The summed E-state index contributed by atoms with van der Waals surface area (Å²) in [5.41, 5.74) is -0.285. The zero-order valence-corrected chi connectivity index (χ0v) is 11.9. The van der Waals surface area contributed by atoms with Gasteiger partial charge in [-0.1, -0.05) is 25.8 Å². The molecule has 0 spiro atoms. The summed E-state index contributed by atoms with van der Waals surface area (Å²) in [6.07, 6.45) is 5.29. The zero-order chi connectivity index (χ0) is 13.9. The zero-order valence-electron chi connectivity index (χ0n) is 11.9. The van der Waals surface area contributed by atoms with E-state index in [1.54, 1.807) is 6.92 Å². The van der Waals surface area contributed by atoms with Crippen molar-refractivity contribution in [1.82, 2.24) is 0 Å². The van der Waals surface area contributed by atoms with Crippen LogP contribution in [-0.2, 0) is 19.0 Å². The van der Waals surface area contributed by atoms with E-state index in [2.05, 4.69) is 6.58 Å². The number of carbonyl (C=O) groups excluding carboxylic acids is 1. The van der Waals surface area contributed by atoms with Gasteiger partial charge in [0.05, 0.1) is 13.2 Å². The van der Waals surface area contributed by atoms with Crippen molar-refractivity contribution in [1.29, 1.82) is 0 Å². The molecular weight excluding hydrogens is 244 g/mol. The van der Waals surface area contributed by atoms with Crippen LogP contribution in [-0.4, -0.2) is 31.1 Å². The summed E-state index contributed by atoms with van der Waals surface area (Å²) in [5, 5.41) is 0. The maximum absolute atomic E-state index is 11.9. The molecule has 19 heavy (non-hydrogen) atoms. The number of hydrogen-bond donors (Lipinski definition) is 0. The molecule has 0 radical (unpaired) electrons. The summed E-state index contributed by atoms with van der Waals surface area (Å²) in [6, 6.07) is 0. The molecule has 2 aliphatic rings. The van der Waals surface area contributed by atoms with Crippen LogP contribution in [0.1, 0.15) is 46.0 Å². The fourth-order valence-corrected chi connectivity index (χ4v) is 2.98. The van der Waals surface area contributed by atoms with Crippen molar-refractivity contribution in [3.63, 3.8) is 0 Å². The maximum Gasteiger partial charge on any atom is 0.333 e. The lowest BCUT2D eigenvalue weighted by molar-refractivity contribution is -0.221.